The van der Waals surface area contributed by atoms with Gasteiger partial charge in [-0.3, -0.25) is 0 Å². The molecule has 1 aliphatic rings. The average Bonchev–Trinajstić information content (AvgIpc) is 2.46. The Bertz CT molecular complexity index is 586. The van der Waals surface area contributed by atoms with Crippen molar-refractivity contribution in [1.29, 1.82) is 0 Å². The topological polar surface area (TPSA) is 69.6 Å². The molecule has 5 nitrogen and oxygen atoms in total. The number of aliphatic carboxylic acids is 1. The number of fused-ring (bicyclic) bond motifs is 1. The average molecular weight is 272 g/mol. The molecule has 2 rings (SSSR count). The van der Waals surface area contributed by atoms with Crippen molar-refractivity contribution in [3.8, 4) is 11.8 Å². The van der Waals surface area contributed by atoms with E-state index in [0.29, 0.717) is 13.0 Å². The lowest BCUT2D eigenvalue weighted by Crippen LogP contribution is -2.52. The van der Waals surface area contributed by atoms with Crippen molar-refractivity contribution in [3.63, 3.8) is 0 Å². The molecule has 1 aliphatic heterocycles. The molecule has 0 saturated carbocycles. The van der Waals surface area contributed by atoms with Crippen molar-refractivity contribution in [3.05, 3.63) is 35.4 Å². The fraction of sp³-hybridized carbons (Fsp3) is 0.333. The number of carboxylic acids is 1. The molecule has 0 saturated heterocycles. The van der Waals surface area contributed by atoms with Crippen molar-refractivity contribution in [2.24, 2.45) is 0 Å². The largest absolute Gasteiger partial charge is 0.480 e. The fourth-order valence-electron chi connectivity index (χ4n) is 2.27. The first-order valence-electron chi connectivity index (χ1n) is 6.37. The van der Waals surface area contributed by atoms with Gasteiger partial charge in [0.2, 0.25) is 0 Å². The van der Waals surface area contributed by atoms with Crippen LogP contribution >= 0.6 is 0 Å². The zero-order chi connectivity index (χ0) is 14.5. The fourth-order valence-corrected chi connectivity index (χ4v) is 2.27. The second-order valence-electron chi connectivity index (χ2n) is 4.54. The lowest BCUT2D eigenvalue weighted by Gasteiger charge is -2.34. The summed E-state index contributed by atoms with van der Waals surface area (Å²) >= 11 is 0. The number of amides is 2. The molecule has 2 amide bonds. The monoisotopic (exact) mass is 272 g/mol. The van der Waals surface area contributed by atoms with Crippen LogP contribution in [0.5, 0.6) is 0 Å². The predicted octanol–water partition coefficient (Wildman–Crippen LogP) is 1.23. The van der Waals surface area contributed by atoms with E-state index in [-0.39, 0.29) is 6.54 Å². The Morgan fingerprint density at radius 2 is 2.10 bits per heavy atom. The van der Waals surface area contributed by atoms with Crippen LogP contribution in [0.1, 0.15) is 18.1 Å². The highest BCUT2D eigenvalue weighted by molar-refractivity contribution is 5.83. The summed E-state index contributed by atoms with van der Waals surface area (Å²) in [4.78, 5) is 24.8. The third kappa shape index (κ3) is 2.91. The van der Waals surface area contributed by atoms with E-state index in [1.807, 2.05) is 24.3 Å². The number of carboxylic acid groups (broad SMARTS) is 1. The van der Waals surface area contributed by atoms with Gasteiger partial charge in [-0.1, -0.05) is 30.2 Å². The van der Waals surface area contributed by atoms with Gasteiger partial charge in [-0.05, 0) is 18.1 Å². The molecule has 0 aromatic heterocycles. The molecular weight excluding hydrogens is 256 g/mol. The maximum absolute atomic E-state index is 12.1. The van der Waals surface area contributed by atoms with Gasteiger partial charge < -0.3 is 15.3 Å². The Morgan fingerprint density at radius 1 is 1.40 bits per heavy atom. The van der Waals surface area contributed by atoms with E-state index in [1.54, 1.807) is 6.92 Å². The van der Waals surface area contributed by atoms with E-state index in [1.165, 1.54) is 4.90 Å². The molecule has 1 aromatic carbocycles. The summed E-state index contributed by atoms with van der Waals surface area (Å²) < 4.78 is 0. The summed E-state index contributed by atoms with van der Waals surface area (Å²) in [5.41, 5.74) is 1.97. The maximum atomic E-state index is 12.1. The van der Waals surface area contributed by atoms with Crippen LogP contribution in [0, 0.1) is 11.8 Å². The van der Waals surface area contributed by atoms with Crippen LogP contribution in [0.25, 0.3) is 0 Å². The number of urea groups is 1. The molecule has 104 valence electrons. The first-order chi connectivity index (χ1) is 9.63. The molecule has 0 spiro atoms. The molecule has 0 radical (unpaired) electrons. The SMILES string of the molecule is CC#CCNC(=O)N1Cc2ccccc2CC1C(=O)O. The zero-order valence-electron chi connectivity index (χ0n) is 11.2. The van der Waals surface area contributed by atoms with Crippen molar-refractivity contribution >= 4 is 12.0 Å². The summed E-state index contributed by atoms with van der Waals surface area (Å²) in [6.07, 6.45) is 0.332. The van der Waals surface area contributed by atoms with Gasteiger partial charge in [0.15, 0.2) is 0 Å². The smallest absolute Gasteiger partial charge is 0.326 e. The van der Waals surface area contributed by atoms with E-state index >= 15 is 0 Å². The number of hydrogen-bond donors (Lipinski definition) is 2. The van der Waals surface area contributed by atoms with Gasteiger partial charge in [-0.25, -0.2) is 9.59 Å². The zero-order valence-corrected chi connectivity index (χ0v) is 11.2. The standard InChI is InChI=1S/C15H16N2O3/c1-2-3-8-16-15(20)17-10-12-7-5-4-6-11(12)9-13(17)14(18)19/h4-7,13H,8-10H2,1H3,(H,16,20)(H,18,19). The van der Waals surface area contributed by atoms with Gasteiger partial charge in [0.05, 0.1) is 6.54 Å². The number of hydrogen-bond acceptors (Lipinski definition) is 2. The molecule has 1 atom stereocenters. The molecule has 1 heterocycles. The summed E-state index contributed by atoms with van der Waals surface area (Å²) in [6.45, 7) is 2.21. The number of rotatable bonds is 2. The van der Waals surface area contributed by atoms with E-state index in [0.717, 1.165) is 11.1 Å². The van der Waals surface area contributed by atoms with Crippen molar-refractivity contribution < 1.29 is 14.7 Å². The minimum atomic E-state index is -0.990. The first kappa shape index (κ1) is 13.9. The van der Waals surface area contributed by atoms with Gasteiger partial charge in [-0.15, -0.1) is 5.92 Å². The van der Waals surface area contributed by atoms with Crippen LogP contribution < -0.4 is 5.32 Å². The third-order valence-corrected chi connectivity index (χ3v) is 3.30. The molecular formula is C15H16N2O3. The maximum Gasteiger partial charge on any atom is 0.326 e. The predicted molar refractivity (Wildman–Crippen MR) is 74.0 cm³/mol. The van der Waals surface area contributed by atoms with Crippen LogP contribution in [0.4, 0.5) is 4.79 Å². The Hall–Kier alpha value is -2.48. The minimum Gasteiger partial charge on any atom is -0.480 e. The van der Waals surface area contributed by atoms with Crippen molar-refractivity contribution in [2.45, 2.75) is 25.9 Å². The van der Waals surface area contributed by atoms with Crippen LogP contribution in [0.2, 0.25) is 0 Å². The van der Waals surface area contributed by atoms with Crippen LogP contribution in [-0.4, -0.2) is 34.6 Å². The van der Waals surface area contributed by atoms with Crippen LogP contribution in [-0.2, 0) is 17.8 Å². The van der Waals surface area contributed by atoms with E-state index in [2.05, 4.69) is 17.2 Å². The lowest BCUT2D eigenvalue weighted by molar-refractivity contribution is -0.142. The summed E-state index contributed by atoms with van der Waals surface area (Å²) in [6, 6.07) is 6.36. The second kappa shape index (κ2) is 6.11. The Kier molecular flexibility index (Phi) is 4.26. The molecule has 0 fully saturated rings. The van der Waals surface area contributed by atoms with Crippen LogP contribution in [0.3, 0.4) is 0 Å². The lowest BCUT2D eigenvalue weighted by atomic mass is 9.94. The number of benzene rings is 1. The Labute approximate surface area is 117 Å². The summed E-state index contributed by atoms with van der Waals surface area (Å²) in [5, 5.41) is 11.9. The van der Waals surface area contributed by atoms with Crippen molar-refractivity contribution in [2.75, 3.05) is 6.54 Å². The first-order valence-corrected chi connectivity index (χ1v) is 6.37. The number of carbonyl (C=O) groups excluding carboxylic acids is 1. The molecule has 1 unspecified atom stereocenters. The van der Waals surface area contributed by atoms with E-state index in [9.17, 15) is 14.7 Å². The highest BCUT2D eigenvalue weighted by Crippen LogP contribution is 2.23. The number of carbonyl (C=O) groups is 2. The van der Waals surface area contributed by atoms with Gasteiger partial charge in [0.1, 0.15) is 6.04 Å². The van der Waals surface area contributed by atoms with Gasteiger partial charge in [0.25, 0.3) is 0 Å². The molecule has 2 N–H and O–H groups in total. The van der Waals surface area contributed by atoms with Gasteiger partial charge >= 0.3 is 12.0 Å². The van der Waals surface area contributed by atoms with E-state index < -0.39 is 18.0 Å². The molecule has 0 bridgehead atoms. The number of nitrogens with zero attached hydrogens (tertiary/aromatic N) is 1. The van der Waals surface area contributed by atoms with Crippen molar-refractivity contribution in [1.82, 2.24) is 10.2 Å². The highest BCUT2D eigenvalue weighted by Gasteiger charge is 2.34. The van der Waals surface area contributed by atoms with Gasteiger partial charge in [-0.2, -0.15) is 0 Å². The normalized spacial score (nSPS) is 16.6. The Morgan fingerprint density at radius 3 is 2.75 bits per heavy atom. The molecule has 1 aromatic rings. The quantitative estimate of drug-likeness (QED) is 0.796. The third-order valence-electron chi connectivity index (χ3n) is 3.30. The minimum absolute atomic E-state index is 0.222. The molecule has 5 heteroatoms. The summed E-state index contributed by atoms with van der Waals surface area (Å²) in [5.74, 6) is 4.41. The summed E-state index contributed by atoms with van der Waals surface area (Å²) in [7, 11) is 0. The molecule has 20 heavy (non-hydrogen) atoms. The highest BCUT2D eigenvalue weighted by atomic mass is 16.4. The van der Waals surface area contributed by atoms with Crippen LogP contribution in [0.15, 0.2) is 24.3 Å². The second-order valence-corrected chi connectivity index (χ2v) is 4.54. The van der Waals surface area contributed by atoms with Gasteiger partial charge in [0, 0.05) is 13.0 Å². The Balaban J connectivity index is 2.19. The number of nitrogens with one attached hydrogen (secondary N) is 1. The van der Waals surface area contributed by atoms with E-state index in [4.69, 9.17) is 0 Å². The molecule has 0 aliphatic carbocycles.